The molecule has 18 heavy (non-hydrogen) atoms. The Kier molecular flexibility index (Phi) is 6.12. The summed E-state index contributed by atoms with van der Waals surface area (Å²) in [6.45, 7) is 4.95. The lowest BCUT2D eigenvalue weighted by Crippen LogP contribution is -2.23. The summed E-state index contributed by atoms with van der Waals surface area (Å²) in [4.78, 5) is 0. The van der Waals surface area contributed by atoms with E-state index in [0.29, 0.717) is 24.0 Å². The molecule has 0 aromatic carbocycles. The summed E-state index contributed by atoms with van der Waals surface area (Å²) in [7, 11) is -2.82. The molecule has 0 unspecified atom stereocenters. The lowest BCUT2D eigenvalue weighted by atomic mass is 9.88. The second-order valence-electron chi connectivity index (χ2n) is 6.59. The Morgan fingerprint density at radius 1 is 1.17 bits per heavy atom. The van der Waals surface area contributed by atoms with E-state index in [9.17, 15) is 8.42 Å². The molecule has 4 heteroatoms. The van der Waals surface area contributed by atoms with E-state index in [1.807, 2.05) is 0 Å². The van der Waals surface area contributed by atoms with E-state index in [4.69, 9.17) is 5.73 Å². The molecule has 0 saturated heterocycles. The summed E-state index contributed by atoms with van der Waals surface area (Å²) in [6.07, 6.45) is 7.42. The average molecular weight is 275 g/mol. The normalized spacial score (nSPS) is 18.4. The third kappa shape index (κ3) is 6.19. The van der Waals surface area contributed by atoms with Gasteiger partial charge < -0.3 is 5.73 Å². The Labute approximate surface area is 112 Å². The maximum atomic E-state index is 12.0. The molecule has 0 heterocycles. The average Bonchev–Trinajstić information content (AvgIpc) is 2.76. The van der Waals surface area contributed by atoms with Crippen LogP contribution in [0.1, 0.15) is 58.8 Å². The van der Waals surface area contributed by atoms with Gasteiger partial charge in [0.25, 0.3) is 0 Å². The van der Waals surface area contributed by atoms with Gasteiger partial charge >= 0.3 is 0 Å². The quantitative estimate of drug-likeness (QED) is 0.693. The first-order valence-electron chi connectivity index (χ1n) is 7.25. The topological polar surface area (TPSA) is 60.2 Å². The summed E-state index contributed by atoms with van der Waals surface area (Å²) >= 11 is 0. The molecule has 1 saturated carbocycles. The van der Waals surface area contributed by atoms with E-state index >= 15 is 0 Å². The summed E-state index contributed by atoms with van der Waals surface area (Å²) in [5.74, 6) is 1.23. The minimum Gasteiger partial charge on any atom is -0.330 e. The van der Waals surface area contributed by atoms with Gasteiger partial charge in [-0.15, -0.1) is 0 Å². The van der Waals surface area contributed by atoms with E-state index in [0.717, 1.165) is 32.1 Å². The highest BCUT2D eigenvalue weighted by atomic mass is 32.2. The van der Waals surface area contributed by atoms with Crippen LogP contribution in [0, 0.1) is 11.3 Å². The van der Waals surface area contributed by atoms with Crippen molar-refractivity contribution in [3.05, 3.63) is 0 Å². The highest BCUT2D eigenvalue weighted by Gasteiger charge is 2.22. The number of rotatable bonds is 8. The Hall–Kier alpha value is -0.0900. The van der Waals surface area contributed by atoms with Crippen molar-refractivity contribution in [3.8, 4) is 0 Å². The number of hydrogen-bond acceptors (Lipinski definition) is 3. The molecule has 1 rings (SSSR count). The van der Waals surface area contributed by atoms with Gasteiger partial charge in [-0.3, -0.25) is 0 Å². The van der Waals surface area contributed by atoms with Gasteiger partial charge in [-0.05, 0) is 43.6 Å². The second kappa shape index (κ2) is 6.90. The first kappa shape index (κ1) is 16.0. The Balaban J connectivity index is 2.21. The number of unbranched alkanes of at least 4 members (excludes halogenated alkanes) is 1. The molecular formula is C14H29NO2S. The van der Waals surface area contributed by atoms with Gasteiger partial charge in [0.2, 0.25) is 0 Å². The number of hydrogen-bond donors (Lipinski definition) is 1. The summed E-state index contributed by atoms with van der Waals surface area (Å²) in [5, 5.41) is 0. The molecule has 1 aliphatic carbocycles. The van der Waals surface area contributed by atoms with Gasteiger partial charge in [0.1, 0.15) is 0 Å². The highest BCUT2D eigenvalue weighted by molar-refractivity contribution is 7.91. The molecule has 0 atom stereocenters. The SMILES string of the molecule is CC(C)(CN)CCCCS(=O)(=O)CC1CCCC1. The maximum absolute atomic E-state index is 12.0. The molecule has 108 valence electrons. The van der Waals surface area contributed by atoms with Crippen molar-refractivity contribution in [2.45, 2.75) is 58.8 Å². The Morgan fingerprint density at radius 3 is 2.33 bits per heavy atom. The molecule has 0 aromatic heterocycles. The van der Waals surface area contributed by atoms with E-state index < -0.39 is 9.84 Å². The van der Waals surface area contributed by atoms with Crippen molar-refractivity contribution in [3.63, 3.8) is 0 Å². The molecule has 0 aromatic rings. The lowest BCUT2D eigenvalue weighted by molar-refractivity contribution is 0.335. The van der Waals surface area contributed by atoms with Crippen LogP contribution >= 0.6 is 0 Å². The maximum Gasteiger partial charge on any atom is 0.150 e. The van der Waals surface area contributed by atoms with Gasteiger partial charge in [0, 0.05) is 0 Å². The zero-order chi connectivity index (χ0) is 13.6. The largest absolute Gasteiger partial charge is 0.330 e. The molecule has 0 spiro atoms. The van der Waals surface area contributed by atoms with Crippen LogP contribution in [0.3, 0.4) is 0 Å². The molecule has 2 N–H and O–H groups in total. The van der Waals surface area contributed by atoms with Crippen molar-refractivity contribution >= 4 is 9.84 Å². The van der Waals surface area contributed by atoms with E-state index in [-0.39, 0.29) is 5.41 Å². The number of sulfone groups is 1. The van der Waals surface area contributed by atoms with E-state index in [1.54, 1.807) is 0 Å². The summed E-state index contributed by atoms with van der Waals surface area (Å²) in [5.41, 5.74) is 5.81. The predicted molar refractivity (Wildman–Crippen MR) is 77.3 cm³/mol. The summed E-state index contributed by atoms with van der Waals surface area (Å²) in [6, 6.07) is 0. The van der Waals surface area contributed by atoms with Gasteiger partial charge in [0.15, 0.2) is 9.84 Å². The standard InChI is InChI=1S/C14H29NO2S/c1-14(2,12-15)9-5-6-10-18(16,17)11-13-7-3-4-8-13/h13H,3-12,15H2,1-2H3. The first-order valence-corrected chi connectivity index (χ1v) is 9.07. The smallest absolute Gasteiger partial charge is 0.150 e. The van der Waals surface area contributed by atoms with Crippen LogP contribution in [0.2, 0.25) is 0 Å². The molecule has 3 nitrogen and oxygen atoms in total. The van der Waals surface area contributed by atoms with Gasteiger partial charge in [-0.2, -0.15) is 0 Å². The van der Waals surface area contributed by atoms with Crippen LogP contribution in [0.15, 0.2) is 0 Å². The minimum absolute atomic E-state index is 0.148. The summed E-state index contributed by atoms with van der Waals surface area (Å²) < 4.78 is 23.9. The van der Waals surface area contributed by atoms with Gasteiger partial charge in [0.05, 0.1) is 11.5 Å². The van der Waals surface area contributed by atoms with E-state index in [2.05, 4.69) is 13.8 Å². The molecule has 0 aliphatic heterocycles. The van der Waals surface area contributed by atoms with Gasteiger partial charge in [-0.1, -0.05) is 33.1 Å². The van der Waals surface area contributed by atoms with Crippen molar-refractivity contribution < 1.29 is 8.42 Å². The molecule has 1 fully saturated rings. The van der Waals surface area contributed by atoms with Crippen LogP contribution in [-0.2, 0) is 9.84 Å². The van der Waals surface area contributed by atoms with Gasteiger partial charge in [-0.25, -0.2) is 8.42 Å². The lowest BCUT2D eigenvalue weighted by Gasteiger charge is -2.21. The van der Waals surface area contributed by atoms with Crippen LogP contribution in [0.5, 0.6) is 0 Å². The molecule has 0 amide bonds. The second-order valence-corrected chi connectivity index (χ2v) is 8.82. The molecule has 1 aliphatic rings. The fraction of sp³-hybridized carbons (Fsp3) is 1.00. The third-order valence-corrected chi connectivity index (χ3v) is 5.97. The molecule has 0 radical (unpaired) electrons. The fourth-order valence-corrected chi connectivity index (χ4v) is 4.51. The predicted octanol–water partition coefficient (Wildman–Crippen LogP) is 2.75. The zero-order valence-corrected chi connectivity index (χ0v) is 12.8. The fourth-order valence-electron chi connectivity index (χ4n) is 2.65. The monoisotopic (exact) mass is 275 g/mol. The van der Waals surface area contributed by atoms with Crippen molar-refractivity contribution in [1.29, 1.82) is 0 Å². The zero-order valence-electron chi connectivity index (χ0n) is 12.0. The van der Waals surface area contributed by atoms with E-state index in [1.165, 1.54) is 12.8 Å². The first-order chi connectivity index (χ1) is 8.35. The van der Waals surface area contributed by atoms with Crippen LogP contribution in [-0.4, -0.2) is 26.5 Å². The molecular weight excluding hydrogens is 246 g/mol. The minimum atomic E-state index is -2.82. The van der Waals surface area contributed by atoms with Crippen LogP contribution in [0.25, 0.3) is 0 Å². The number of nitrogens with two attached hydrogens (primary N) is 1. The van der Waals surface area contributed by atoms with Crippen molar-refractivity contribution in [2.24, 2.45) is 17.1 Å². The Bertz CT molecular complexity index is 330. The Morgan fingerprint density at radius 2 is 1.78 bits per heavy atom. The van der Waals surface area contributed by atoms with Crippen LogP contribution in [0.4, 0.5) is 0 Å². The molecule has 0 bridgehead atoms. The van der Waals surface area contributed by atoms with Crippen molar-refractivity contribution in [2.75, 3.05) is 18.1 Å². The highest BCUT2D eigenvalue weighted by Crippen LogP contribution is 2.27. The van der Waals surface area contributed by atoms with Crippen molar-refractivity contribution in [1.82, 2.24) is 0 Å². The third-order valence-electron chi connectivity index (χ3n) is 4.08. The van der Waals surface area contributed by atoms with Crippen LogP contribution < -0.4 is 5.73 Å².